The second-order valence-corrected chi connectivity index (χ2v) is 9.28. The van der Waals surface area contributed by atoms with Crippen molar-refractivity contribution in [3.05, 3.63) is 89.0 Å². The van der Waals surface area contributed by atoms with Crippen molar-refractivity contribution in [3.63, 3.8) is 0 Å². The maximum atomic E-state index is 14.4. The molecule has 2 amide bonds. The van der Waals surface area contributed by atoms with E-state index in [1.807, 2.05) is 67.6 Å². The van der Waals surface area contributed by atoms with Gasteiger partial charge >= 0.3 is 6.09 Å². The molecule has 34 heavy (non-hydrogen) atoms. The van der Waals surface area contributed by atoms with Crippen molar-refractivity contribution in [1.82, 2.24) is 0 Å². The highest BCUT2D eigenvalue weighted by atomic mass is 16.6. The average Bonchev–Trinajstić information content (AvgIpc) is 3.06. The second-order valence-electron chi connectivity index (χ2n) is 9.28. The summed E-state index contributed by atoms with van der Waals surface area (Å²) in [4.78, 5) is 28.9. The number of anilines is 1. The monoisotopic (exact) mass is 459 g/mol. The fraction of sp³-hybridized carbons (Fsp3) is 0.286. The van der Waals surface area contributed by atoms with Gasteiger partial charge in [0.25, 0.3) is 5.91 Å². The van der Waals surface area contributed by atoms with E-state index < -0.39 is 23.0 Å². The molecule has 1 heterocycles. The lowest BCUT2D eigenvalue weighted by Crippen LogP contribution is -2.46. The minimum Gasteiger partial charge on any atom is -0.493 e. The van der Waals surface area contributed by atoms with E-state index in [9.17, 15) is 9.59 Å². The molecule has 3 aromatic carbocycles. The number of aryl methyl sites for hydroxylation is 1. The predicted molar refractivity (Wildman–Crippen MR) is 131 cm³/mol. The number of amides is 2. The first-order chi connectivity index (χ1) is 16.1. The van der Waals surface area contributed by atoms with Crippen molar-refractivity contribution < 1.29 is 23.8 Å². The maximum absolute atomic E-state index is 14.4. The van der Waals surface area contributed by atoms with Gasteiger partial charge in [0.05, 0.1) is 19.9 Å². The van der Waals surface area contributed by atoms with Crippen LogP contribution in [-0.4, -0.2) is 31.8 Å². The summed E-state index contributed by atoms with van der Waals surface area (Å²) < 4.78 is 16.8. The Hall–Kier alpha value is -3.80. The van der Waals surface area contributed by atoms with Crippen LogP contribution in [0.1, 0.15) is 43.0 Å². The molecule has 1 aliphatic rings. The Balaban J connectivity index is 2.06. The molecular formula is C28H29NO5. The number of nitrogens with zero attached hydrogens (tertiary/aromatic N) is 1. The van der Waals surface area contributed by atoms with Crippen molar-refractivity contribution >= 4 is 17.7 Å². The van der Waals surface area contributed by atoms with E-state index in [1.54, 1.807) is 41.1 Å². The van der Waals surface area contributed by atoms with Gasteiger partial charge in [0.2, 0.25) is 0 Å². The Morgan fingerprint density at radius 3 is 2.15 bits per heavy atom. The lowest BCUT2D eigenvalue weighted by Gasteiger charge is -2.31. The fourth-order valence-corrected chi connectivity index (χ4v) is 4.65. The van der Waals surface area contributed by atoms with Gasteiger partial charge in [0, 0.05) is 5.56 Å². The Labute approximate surface area is 200 Å². The van der Waals surface area contributed by atoms with E-state index in [2.05, 4.69) is 0 Å². The van der Waals surface area contributed by atoms with Crippen LogP contribution in [0.5, 0.6) is 11.5 Å². The molecule has 0 saturated carbocycles. The van der Waals surface area contributed by atoms with Gasteiger partial charge < -0.3 is 14.2 Å². The maximum Gasteiger partial charge on any atom is 0.421 e. The Kier molecular flexibility index (Phi) is 5.86. The number of hydrogen-bond acceptors (Lipinski definition) is 5. The number of carbonyl (C=O) groups is 2. The van der Waals surface area contributed by atoms with Crippen LogP contribution in [0, 0.1) is 6.92 Å². The van der Waals surface area contributed by atoms with E-state index in [0.29, 0.717) is 28.3 Å². The molecule has 0 N–H and O–H groups in total. The van der Waals surface area contributed by atoms with Crippen LogP contribution in [0.4, 0.5) is 10.5 Å². The van der Waals surface area contributed by atoms with Gasteiger partial charge in [0.1, 0.15) is 11.0 Å². The minimum atomic E-state index is -1.28. The van der Waals surface area contributed by atoms with E-state index >= 15 is 0 Å². The number of carbonyl (C=O) groups excluding carboxylic acids is 2. The zero-order chi connectivity index (χ0) is 24.7. The minimum absolute atomic E-state index is 0.402. The van der Waals surface area contributed by atoms with Crippen LogP contribution in [0.15, 0.2) is 66.7 Å². The van der Waals surface area contributed by atoms with Gasteiger partial charge in [-0.15, -0.1) is 0 Å². The molecule has 1 unspecified atom stereocenters. The first kappa shape index (κ1) is 23.4. The first-order valence-electron chi connectivity index (χ1n) is 11.1. The number of rotatable bonds is 4. The molecule has 0 aromatic heterocycles. The molecule has 176 valence electrons. The molecular weight excluding hydrogens is 430 g/mol. The summed E-state index contributed by atoms with van der Waals surface area (Å²) in [6.45, 7) is 7.24. The molecule has 1 atom stereocenters. The fourth-order valence-electron chi connectivity index (χ4n) is 4.65. The van der Waals surface area contributed by atoms with Crippen molar-refractivity contribution in [1.29, 1.82) is 0 Å². The molecule has 0 radical (unpaired) electrons. The molecule has 1 aliphatic heterocycles. The molecule has 0 spiro atoms. The van der Waals surface area contributed by atoms with E-state index in [4.69, 9.17) is 14.2 Å². The number of imide groups is 1. The standard InChI is InChI=1S/C28H29NO5/c1-18-16-20(17-23(32-5)24(18)33-6)28(19-12-8-7-9-13-19)21-14-10-11-15-22(21)29(25(28)30)26(31)34-27(2,3)4/h7-17H,1-6H3. The number of fused-ring (bicyclic) bond motifs is 1. The van der Waals surface area contributed by atoms with E-state index in [0.717, 1.165) is 16.0 Å². The third-order valence-electron chi connectivity index (χ3n) is 5.95. The van der Waals surface area contributed by atoms with Crippen molar-refractivity contribution in [2.24, 2.45) is 0 Å². The number of para-hydroxylation sites is 1. The van der Waals surface area contributed by atoms with Crippen LogP contribution < -0.4 is 14.4 Å². The van der Waals surface area contributed by atoms with Gasteiger partial charge in [-0.1, -0.05) is 54.6 Å². The van der Waals surface area contributed by atoms with Crippen LogP contribution in [0.25, 0.3) is 0 Å². The number of hydrogen-bond donors (Lipinski definition) is 0. The summed E-state index contributed by atoms with van der Waals surface area (Å²) >= 11 is 0. The first-order valence-corrected chi connectivity index (χ1v) is 11.1. The quantitative estimate of drug-likeness (QED) is 0.506. The van der Waals surface area contributed by atoms with Crippen LogP contribution in [0.3, 0.4) is 0 Å². The zero-order valence-corrected chi connectivity index (χ0v) is 20.3. The Morgan fingerprint density at radius 1 is 0.882 bits per heavy atom. The van der Waals surface area contributed by atoms with Crippen LogP contribution >= 0.6 is 0 Å². The van der Waals surface area contributed by atoms with E-state index in [-0.39, 0.29) is 0 Å². The molecule has 6 nitrogen and oxygen atoms in total. The highest BCUT2D eigenvalue weighted by molar-refractivity contribution is 6.24. The summed E-state index contributed by atoms with van der Waals surface area (Å²) in [6.07, 6.45) is -0.708. The normalized spacial score (nSPS) is 17.4. The average molecular weight is 460 g/mol. The smallest absolute Gasteiger partial charge is 0.421 e. The van der Waals surface area contributed by atoms with Crippen LogP contribution in [-0.2, 0) is 14.9 Å². The molecule has 0 saturated heterocycles. The summed E-state index contributed by atoms with van der Waals surface area (Å²) in [5.74, 6) is 0.701. The topological polar surface area (TPSA) is 65.1 Å². The summed E-state index contributed by atoms with van der Waals surface area (Å²) in [5, 5.41) is 0. The molecule has 0 fully saturated rings. The molecule has 0 bridgehead atoms. The molecule has 0 aliphatic carbocycles. The Bertz CT molecular complexity index is 1250. The highest BCUT2D eigenvalue weighted by Gasteiger charge is 2.56. The van der Waals surface area contributed by atoms with Crippen molar-refractivity contribution in [3.8, 4) is 11.5 Å². The van der Waals surface area contributed by atoms with Crippen molar-refractivity contribution in [2.75, 3.05) is 19.1 Å². The van der Waals surface area contributed by atoms with Gasteiger partial charge in [-0.2, -0.15) is 0 Å². The highest BCUT2D eigenvalue weighted by Crippen LogP contribution is 2.52. The summed E-state index contributed by atoms with van der Waals surface area (Å²) in [7, 11) is 3.14. The lowest BCUT2D eigenvalue weighted by molar-refractivity contribution is -0.120. The second kappa shape index (κ2) is 8.52. The van der Waals surface area contributed by atoms with E-state index in [1.165, 1.54) is 0 Å². The van der Waals surface area contributed by atoms with Crippen LogP contribution in [0.2, 0.25) is 0 Å². The predicted octanol–water partition coefficient (Wildman–Crippen LogP) is 5.63. The number of benzene rings is 3. The Morgan fingerprint density at radius 2 is 1.53 bits per heavy atom. The molecule has 4 rings (SSSR count). The largest absolute Gasteiger partial charge is 0.493 e. The third kappa shape index (κ3) is 3.59. The van der Waals surface area contributed by atoms with Gasteiger partial charge in [0.15, 0.2) is 11.5 Å². The van der Waals surface area contributed by atoms with Gasteiger partial charge in [-0.05, 0) is 56.5 Å². The summed E-state index contributed by atoms with van der Waals surface area (Å²) in [6, 6.07) is 20.5. The zero-order valence-electron chi connectivity index (χ0n) is 20.3. The molecule has 3 aromatic rings. The van der Waals surface area contributed by atoms with Gasteiger partial charge in [-0.25, -0.2) is 9.69 Å². The third-order valence-corrected chi connectivity index (χ3v) is 5.95. The number of ether oxygens (including phenoxy) is 3. The molecule has 6 heteroatoms. The SMILES string of the molecule is COc1cc(C2(c3ccccc3)C(=O)N(C(=O)OC(C)(C)C)c3ccccc32)cc(C)c1OC. The summed E-state index contributed by atoms with van der Waals surface area (Å²) in [5.41, 5.74) is 1.39. The lowest BCUT2D eigenvalue weighted by atomic mass is 9.70. The van der Waals surface area contributed by atoms with Gasteiger partial charge in [-0.3, -0.25) is 4.79 Å². The number of methoxy groups -OCH3 is 2. The van der Waals surface area contributed by atoms with Crippen molar-refractivity contribution in [2.45, 2.75) is 38.7 Å².